The molecule has 116 valence electrons. The molecule has 0 N–H and O–H groups in total. The van der Waals surface area contributed by atoms with Gasteiger partial charge in [-0.3, -0.25) is 4.98 Å². The van der Waals surface area contributed by atoms with E-state index in [1.807, 2.05) is 0 Å². The number of pyridine rings is 1. The van der Waals surface area contributed by atoms with Crippen LogP contribution in [0.15, 0.2) is 36.9 Å². The van der Waals surface area contributed by atoms with E-state index < -0.39 is 11.8 Å². The van der Waals surface area contributed by atoms with Gasteiger partial charge in [0.15, 0.2) is 11.5 Å². The Labute approximate surface area is 143 Å². The molecular weight excluding hydrogens is 416 g/mol. The molecule has 0 radical (unpaired) electrons. The highest BCUT2D eigenvalue weighted by Crippen LogP contribution is 2.22. The lowest BCUT2D eigenvalue weighted by atomic mass is 10.3. The normalized spacial score (nSPS) is 10.6. The molecule has 0 bridgehead atoms. The molecule has 0 saturated carbocycles. The fraction of sp³-hybridized carbons (Fsp3) is 0.0714. The van der Waals surface area contributed by atoms with Crippen LogP contribution in [0.2, 0.25) is 0 Å². The van der Waals surface area contributed by atoms with Crippen LogP contribution in [0.25, 0.3) is 17.2 Å². The summed E-state index contributed by atoms with van der Waals surface area (Å²) in [6.45, 7) is 0. The lowest BCUT2D eigenvalue weighted by Gasteiger charge is -2.00. The first-order chi connectivity index (χ1) is 11.1. The van der Waals surface area contributed by atoms with Gasteiger partial charge in [0, 0.05) is 6.20 Å². The number of methoxy groups -OCH3 is 1. The second-order valence-electron chi connectivity index (χ2n) is 4.38. The molecule has 3 rings (SSSR count). The number of rotatable bonds is 3. The Bertz CT molecular complexity index is 849. The van der Waals surface area contributed by atoms with Crippen molar-refractivity contribution in [3.63, 3.8) is 0 Å². The summed E-state index contributed by atoms with van der Waals surface area (Å²) in [5.74, 6) is -0.491. The van der Waals surface area contributed by atoms with E-state index in [0.717, 1.165) is 9.77 Å². The third kappa shape index (κ3) is 3.18. The molecule has 0 atom stereocenters. The Kier molecular flexibility index (Phi) is 4.28. The summed E-state index contributed by atoms with van der Waals surface area (Å²) in [5, 5.41) is 4.38. The van der Waals surface area contributed by atoms with E-state index in [2.05, 4.69) is 47.4 Å². The zero-order valence-electron chi connectivity index (χ0n) is 11.8. The van der Waals surface area contributed by atoms with Crippen molar-refractivity contribution in [2.24, 2.45) is 0 Å². The summed E-state index contributed by atoms with van der Waals surface area (Å²) in [4.78, 5) is 23.5. The van der Waals surface area contributed by atoms with E-state index >= 15 is 0 Å². The SMILES string of the molecule is COC(=O)c1cnc(-c2nn(-c3ccc(F)cn3)cc2I)cn1. The van der Waals surface area contributed by atoms with Crippen molar-refractivity contribution in [1.29, 1.82) is 0 Å². The van der Waals surface area contributed by atoms with Crippen LogP contribution in [0.5, 0.6) is 0 Å². The van der Waals surface area contributed by atoms with Crippen molar-refractivity contribution in [2.45, 2.75) is 0 Å². The van der Waals surface area contributed by atoms with E-state index in [0.29, 0.717) is 17.2 Å². The molecule has 0 saturated heterocycles. The van der Waals surface area contributed by atoms with Crippen LogP contribution >= 0.6 is 22.6 Å². The van der Waals surface area contributed by atoms with Crippen LogP contribution in [-0.2, 0) is 4.74 Å². The minimum atomic E-state index is -0.556. The second kappa shape index (κ2) is 6.36. The molecule has 9 heteroatoms. The number of carbonyl (C=O) groups is 1. The smallest absolute Gasteiger partial charge is 0.358 e. The Morgan fingerprint density at radius 3 is 2.65 bits per heavy atom. The lowest BCUT2D eigenvalue weighted by molar-refractivity contribution is 0.0593. The van der Waals surface area contributed by atoms with Gasteiger partial charge in [0.25, 0.3) is 0 Å². The predicted octanol–water partition coefficient (Wildman–Crippen LogP) is 2.25. The molecule has 3 aromatic rings. The second-order valence-corrected chi connectivity index (χ2v) is 5.55. The minimum absolute atomic E-state index is 0.117. The van der Waals surface area contributed by atoms with E-state index in [1.54, 1.807) is 6.20 Å². The molecule has 0 aliphatic carbocycles. The molecule has 3 heterocycles. The number of halogens is 2. The highest BCUT2D eigenvalue weighted by atomic mass is 127. The average molecular weight is 425 g/mol. The maximum absolute atomic E-state index is 12.9. The van der Waals surface area contributed by atoms with Gasteiger partial charge >= 0.3 is 5.97 Å². The van der Waals surface area contributed by atoms with Crippen LogP contribution in [-0.4, -0.2) is 37.8 Å². The maximum Gasteiger partial charge on any atom is 0.358 e. The van der Waals surface area contributed by atoms with Gasteiger partial charge in [-0.25, -0.2) is 23.8 Å². The molecular formula is C14H9FIN5O2. The predicted molar refractivity (Wildman–Crippen MR) is 86.4 cm³/mol. The number of carbonyl (C=O) groups excluding carboxylic acids is 1. The first kappa shape index (κ1) is 15.5. The number of hydrogen-bond donors (Lipinski definition) is 0. The van der Waals surface area contributed by atoms with Crippen LogP contribution in [0.3, 0.4) is 0 Å². The monoisotopic (exact) mass is 425 g/mol. The summed E-state index contributed by atoms with van der Waals surface area (Å²) in [5.41, 5.74) is 1.20. The summed E-state index contributed by atoms with van der Waals surface area (Å²) < 4.78 is 19.8. The minimum Gasteiger partial charge on any atom is -0.464 e. The highest BCUT2D eigenvalue weighted by molar-refractivity contribution is 14.1. The van der Waals surface area contributed by atoms with Gasteiger partial charge in [-0.15, -0.1) is 0 Å². The quantitative estimate of drug-likeness (QED) is 0.473. The van der Waals surface area contributed by atoms with Gasteiger partial charge in [0.2, 0.25) is 0 Å². The molecule has 0 amide bonds. The van der Waals surface area contributed by atoms with Crippen LogP contribution in [0.1, 0.15) is 10.5 Å². The number of esters is 1. The lowest BCUT2D eigenvalue weighted by Crippen LogP contribution is -2.05. The van der Waals surface area contributed by atoms with Crippen molar-refractivity contribution >= 4 is 28.6 Å². The number of ether oxygens (including phenoxy) is 1. The zero-order valence-corrected chi connectivity index (χ0v) is 13.9. The molecule has 0 fully saturated rings. The first-order valence-electron chi connectivity index (χ1n) is 6.36. The molecule has 23 heavy (non-hydrogen) atoms. The van der Waals surface area contributed by atoms with Crippen molar-refractivity contribution in [2.75, 3.05) is 7.11 Å². The van der Waals surface area contributed by atoms with E-state index in [4.69, 9.17) is 0 Å². The zero-order chi connectivity index (χ0) is 16.4. The van der Waals surface area contributed by atoms with Gasteiger partial charge in [-0.1, -0.05) is 0 Å². The Morgan fingerprint density at radius 2 is 2.04 bits per heavy atom. The van der Waals surface area contributed by atoms with Crippen molar-refractivity contribution in [3.05, 3.63) is 52.0 Å². The summed E-state index contributed by atoms with van der Waals surface area (Å²) in [6, 6.07) is 2.83. The molecule has 0 aliphatic heterocycles. The first-order valence-corrected chi connectivity index (χ1v) is 7.44. The summed E-state index contributed by atoms with van der Waals surface area (Å²) in [6.07, 6.45) is 5.63. The van der Waals surface area contributed by atoms with Crippen molar-refractivity contribution < 1.29 is 13.9 Å². The van der Waals surface area contributed by atoms with Crippen LogP contribution in [0, 0.1) is 9.39 Å². The third-order valence-electron chi connectivity index (χ3n) is 2.91. The van der Waals surface area contributed by atoms with Gasteiger partial charge < -0.3 is 4.74 Å². The fourth-order valence-corrected chi connectivity index (χ4v) is 2.46. The number of hydrogen-bond acceptors (Lipinski definition) is 6. The molecule has 0 unspecified atom stereocenters. The van der Waals surface area contributed by atoms with Crippen molar-refractivity contribution in [1.82, 2.24) is 24.7 Å². The van der Waals surface area contributed by atoms with Gasteiger partial charge in [-0.2, -0.15) is 5.10 Å². The third-order valence-corrected chi connectivity index (χ3v) is 3.69. The van der Waals surface area contributed by atoms with Gasteiger partial charge in [-0.05, 0) is 34.7 Å². The molecule has 3 aromatic heterocycles. The van der Waals surface area contributed by atoms with Gasteiger partial charge in [0.1, 0.15) is 17.2 Å². The summed E-state index contributed by atoms with van der Waals surface area (Å²) in [7, 11) is 1.28. The van der Waals surface area contributed by atoms with Gasteiger partial charge in [0.05, 0.1) is 29.3 Å². The maximum atomic E-state index is 12.9. The largest absolute Gasteiger partial charge is 0.464 e. The molecule has 0 spiro atoms. The van der Waals surface area contributed by atoms with E-state index in [9.17, 15) is 9.18 Å². The standard InChI is InChI=1S/C14H9FIN5O2/c1-23-14(22)11-6-17-10(5-18-11)13-9(16)7-21(20-13)12-3-2-8(15)4-19-12/h2-7H,1H3. The number of nitrogens with zero attached hydrogens (tertiary/aromatic N) is 5. The Hall–Kier alpha value is -2.43. The molecule has 0 aromatic carbocycles. The fourth-order valence-electron chi connectivity index (χ4n) is 1.81. The highest BCUT2D eigenvalue weighted by Gasteiger charge is 2.14. The molecule has 0 aliphatic rings. The Morgan fingerprint density at radius 1 is 1.22 bits per heavy atom. The van der Waals surface area contributed by atoms with Crippen molar-refractivity contribution in [3.8, 4) is 17.2 Å². The summed E-state index contributed by atoms with van der Waals surface area (Å²) >= 11 is 2.10. The van der Waals surface area contributed by atoms with E-state index in [-0.39, 0.29) is 5.69 Å². The molecule has 7 nitrogen and oxygen atoms in total. The van der Waals surface area contributed by atoms with Crippen LogP contribution in [0.4, 0.5) is 4.39 Å². The Balaban J connectivity index is 1.94. The topological polar surface area (TPSA) is 82.8 Å². The average Bonchev–Trinajstić information content (AvgIpc) is 2.96. The van der Waals surface area contributed by atoms with E-state index in [1.165, 1.54) is 36.3 Å². The van der Waals surface area contributed by atoms with Crippen LogP contribution < -0.4 is 0 Å². The number of aromatic nitrogens is 5.